The molecule has 0 aromatic rings. The molecule has 1 fully saturated rings. The van der Waals surface area contributed by atoms with E-state index in [4.69, 9.17) is 0 Å². The van der Waals surface area contributed by atoms with E-state index in [0.717, 1.165) is 23.8 Å². The minimum atomic E-state index is 0.816. The molecule has 0 atom stereocenters. The minimum absolute atomic E-state index is 0.816. The maximum Gasteiger partial charge on any atom is 0.00683 e. The van der Waals surface area contributed by atoms with Crippen LogP contribution < -0.4 is 5.32 Å². The highest BCUT2D eigenvalue weighted by molar-refractivity contribution is 4.82. The first-order valence-electron chi connectivity index (χ1n) is 5.34. The molecule has 1 saturated carbocycles. The smallest absolute Gasteiger partial charge is 0.00683 e. The predicted molar refractivity (Wildman–Crippen MR) is 54.2 cm³/mol. The third-order valence-electron chi connectivity index (χ3n) is 2.93. The average molecular weight is 169 g/mol. The lowest BCUT2D eigenvalue weighted by Crippen LogP contribution is -2.30. The molecule has 0 bridgehead atoms. The standard InChI is InChI=1S/C11H23N/c1-8(2)11(9(3)4)7-12-10-5-6-10/h8-12H,5-7H2,1-4H3. The van der Waals surface area contributed by atoms with Gasteiger partial charge in [0.2, 0.25) is 0 Å². The molecule has 0 aromatic heterocycles. The summed E-state index contributed by atoms with van der Waals surface area (Å²) in [6, 6.07) is 0.866. The quantitative estimate of drug-likeness (QED) is 0.667. The van der Waals surface area contributed by atoms with Gasteiger partial charge in [0.25, 0.3) is 0 Å². The number of nitrogens with one attached hydrogen (secondary N) is 1. The van der Waals surface area contributed by atoms with Gasteiger partial charge >= 0.3 is 0 Å². The fourth-order valence-electron chi connectivity index (χ4n) is 1.83. The van der Waals surface area contributed by atoms with Crippen LogP contribution >= 0.6 is 0 Å². The molecule has 1 aliphatic rings. The molecule has 1 nitrogen and oxygen atoms in total. The Hall–Kier alpha value is -0.0400. The maximum absolute atomic E-state index is 3.62. The van der Waals surface area contributed by atoms with Crippen molar-refractivity contribution < 1.29 is 0 Å². The fraction of sp³-hybridized carbons (Fsp3) is 1.00. The molecule has 0 unspecified atom stereocenters. The summed E-state index contributed by atoms with van der Waals surface area (Å²) in [5.41, 5.74) is 0. The van der Waals surface area contributed by atoms with Crippen molar-refractivity contribution >= 4 is 0 Å². The van der Waals surface area contributed by atoms with Crippen LogP contribution in [0.3, 0.4) is 0 Å². The zero-order valence-corrected chi connectivity index (χ0v) is 8.93. The van der Waals surface area contributed by atoms with E-state index in [2.05, 4.69) is 33.0 Å². The molecule has 0 radical (unpaired) electrons. The van der Waals surface area contributed by atoms with Crippen LogP contribution in [0.5, 0.6) is 0 Å². The second-order valence-electron chi connectivity index (χ2n) is 4.83. The highest BCUT2D eigenvalue weighted by atomic mass is 14.9. The van der Waals surface area contributed by atoms with E-state index >= 15 is 0 Å². The van der Waals surface area contributed by atoms with Gasteiger partial charge in [-0.15, -0.1) is 0 Å². The van der Waals surface area contributed by atoms with Crippen molar-refractivity contribution in [2.75, 3.05) is 6.54 Å². The van der Waals surface area contributed by atoms with Crippen molar-refractivity contribution in [2.24, 2.45) is 17.8 Å². The summed E-state index contributed by atoms with van der Waals surface area (Å²) in [6.45, 7) is 10.6. The molecule has 1 rings (SSSR count). The second-order valence-corrected chi connectivity index (χ2v) is 4.83. The first-order valence-corrected chi connectivity index (χ1v) is 5.34. The van der Waals surface area contributed by atoms with E-state index in [1.54, 1.807) is 0 Å². The molecule has 1 N–H and O–H groups in total. The molecule has 1 heteroatoms. The lowest BCUT2D eigenvalue weighted by molar-refractivity contribution is 0.275. The van der Waals surface area contributed by atoms with Crippen LogP contribution in [0.1, 0.15) is 40.5 Å². The fourth-order valence-corrected chi connectivity index (χ4v) is 1.83. The summed E-state index contributed by atoms with van der Waals surface area (Å²) in [7, 11) is 0. The normalized spacial score (nSPS) is 18.2. The summed E-state index contributed by atoms with van der Waals surface area (Å²) < 4.78 is 0. The van der Waals surface area contributed by atoms with Gasteiger partial charge in [0, 0.05) is 6.04 Å². The Morgan fingerprint density at radius 1 is 1.08 bits per heavy atom. The molecular weight excluding hydrogens is 146 g/mol. The average Bonchev–Trinajstić information content (AvgIpc) is 2.69. The van der Waals surface area contributed by atoms with Crippen molar-refractivity contribution in [3.05, 3.63) is 0 Å². The predicted octanol–water partition coefficient (Wildman–Crippen LogP) is 2.67. The molecule has 0 saturated heterocycles. The monoisotopic (exact) mass is 169 g/mol. The van der Waals surface area contributed by atoms with E-state index in [1.807, 2.05) is 0 Å². The molecule has 1 aliphatic carbocycles. The Balaban J connectivity index is 2.21. The first-order chi connectivity index (χ1) is 5.61. The van der Waals surface area contributed by atoms with Crippen LogP contribution in [0.15, 0.2) is 0 Å². The summed E-state index contributed by atoms with van der Waals surface area (Å²) in [4.78, 5) is 0. The summed E-state index contributed by atoms with van der Waals surface area (Å²) in [5.74, 6) is 2.48. The topological polar surface area (TPSA) is 12.0 Å². The van der Waals surface area contributed by atoms with Gasteiger partial charge in [-0.25, -0.2) is 0 Å². The van der Waals surface area contributed by atoms with Crippen LogP contribution in [-0.2, 0) is 0 Å². The van der Waals surface area contributed by atoms with Gasteiger partial charge < -0.3 is 5.32 Å². The van der Waals surface area contributed by atoms with Gasteiger partial charge in [0.15, 0.2) is 0 Å². The third kappa shape index (κ3) is 3.14. The molecule has 12 heavy (non-hydrogen) atoms. The van der Waals surface area contributed by atoms with Gasteiger partial charge in [-0.1, -0.05) is 27.7 Å². The summed E-state index contributed by atoms with van der Waals surface area (Å²) in [6.07, 6.45) is 2.81. The highest BCUT2D eigenvalue weighted by Crippen LogP contribution is 2.23. The largest absolute Gasteiger partial charge is 0.314 e. The van der Waals surface area contributed by atoms with Crippen molar-refractivity contribution in [1.82, 2.24) is 5.32 Å². The number of hydrogen-bond acceptors (Lipinski definition) is 1. The lowest BCUT2D eigenvalue weighted by Gasteiger charge is -2.25. The molecule has 0 spiro atoms. The van der Waals surface area contributed by atoms with Crippen molar-refractivity contribution in [3.8, 4) is 0 Å². The van der Waals surface area contributed by atoms with Gasteiger partial charge in [0.05, 0.1) is 0 Å². The Labute approximate surface area is 76.9 Å². The first kappa shape index (κ1) is 10.0. The molecule has 72 valence electrons. The van der Waals surface area contributed by atoms with E-state index < -0.39 is 0 Å². The minimum Gasteiger partial charge on any atom is -0.314 e. The van der Waals surface area contributed by atoms with Crippen LogP contribution in [-0.4, -0.2) is 12.6 Å². The van der Waals surface area contributed by atoms with Crippen LogP contribution in [0, 0.1) is 17.8 Å². The maximum atomic E-state index is 3.62. The second kappa shape index (κ2) is 4.27. The van der Waals surface area contributed by atoms with Gasteiger partial charge in [-0.05, 0) is 37.1 Å². The third-order valence-corrected chi connectivity index (χ3v) is 2.93. The summed E-state index contributed by atoms with van der Waals surface area (Å²) >= 11 is 0. The highest BCUT2D eigenvalue weighted by Gasteiger charge is 2.24. The van der Waals surface area contributed by atoms with Crippen molar-refractivity contribution in [3.63, 3.8) is 0 Å². The summed E-state index contributed by atoms with van der Waals surface area (Å²) in [5, 5.41) is 3.62. The van der Waals surface area contributed by atoms with Gasteiger partial charge in [0.1, 0.15) is 0 Å². The van der Waals surface area contributed by atoms with E-state index in [9.17, 15) is 0 Å². The Bertz CT molecular complexity index is 117. The van der Waals surface area contributed by atoms with Crippen molar-refractivity contribution in [2.45, 2.75) is 46.6 Å². The van der Waals surface area contributed by atoms with Gasteiger partial charge in [-0.3, -0.25) is 0 Å². The molecule has 0 amide bonds. The van der Waals surface area contributed by atoms with E-state index in [0.29, 0.717) is 0 Å². The van der Waals surface area contributed by atoms with Gasteiger partial charge in [-0.2, -0.15) is 0 Å². The molecule has 0 heterocycles. The SMILES string of the molecule is CC(C)C(CNC1CC1)C(C)C. The van der Waals surface area contributed by atoms with Crippen LogP contribution in [0.2, 0.25) is 0 Å². The van der Waals surface area contributed by atoms with Crippen LogP contribution in [0.4, 0.5) is 0 Å². The zero-order chi connectivity index (χ0) is 9.14. The Morgan fingerprint density at radius 2 is 1.58 bits per heavy atom. The number of rotatable bonds is 5. The molecule has 0 aliphatic heterocycles. The van der Waals surface area contributed by atoms with Crippen LogP contribution in [0.25, 0.3) is 0 Å². The zero-order valence-electron chi connectivity index (χ0n) is 8.93. The van der Waals surface area contributed by atoms with E-state index in [1.165, 1.54) is 19.4 Å². The number of hydrogen-bond donors (Lipinski definition) is 1. The Morgan fingerprint density at radius 3 is 1.92 bits per heavy atom. The van der Waals surface area contributed by atoms with Crippen molar-refractivity contribution in [1.29, 1.82) is 0 Å². The molecular formula is C11H23N. The Kier molecular flexibility index (Phi) is 3.57. The lowest BCUT2D eigenvalue weighted by atomic mass is 9.85. The van der Waals surface area contributed by atoms with E-state index in [-0.39, 0.29) is 0 Å². The molecule has 0 aromatic carbocycles.